The van der Waals surface area contributed by atoms with E-state index in [1.54, 1.807) is 13.2 Å². The van der Waals surface area contributed by atoms with Crippen molar-refractivity contribution in [2.24, 2.45) is 0 Å². The second-order valence-electron chi connectivity index (χ2n) is 4.24. The largest absolute Gasteiger partial charge is 0.493 e. The van der Waals surface area contributed by atoms with E-state index in [4.69, 9.17) is 14.6 Å². The van der Waals surface area contributed by atoms with Gasteiger partial charge in [0, 0.05) is 0 Å². The van der Waals surface area contributed by atoms with Gasteiger partial charge in [-0.1, -0.05) is 19.4 Å². The minimum atomic E-state index is -0.939. The zero-order valence-electron chi connectivity index (χ0n) is 11.1. The van der Waals surface area contributed by atoms with Crippen molar-refractivity contribution in [2.45, 2.75) is 39.2 Å². The highest BCUT2D eigenvalue weighted by molar-refractivity contribution is 5.72. The van der Waals surface area contributed by atoms with Gasteiger partial charge >= 0.3 is 5.97 Å². The van der Waals surface area contributed by atoms with Crippen molar-refractivity contribution in [2.75, 3.05) is 7.11 Å². The Morgan fingerprint density at radius 3 is 2.67 bits per heavy atom. The summed E-state index contributed by atoms with van der Waals surface area (Å²) in [6, 6.07) is 5.45. The average molecular weight is 252 g/mol. The van der Waals surface area contributed by atoms with E-state index >= 15 is 0 Å². The molecule has 0 radical (unpaired) electrons. The molecule has 1 N–H and O–H groups in total. The second-order valence-corrected chi connectivity index (χ2v) is 4.24. The Morgan fingerprint density at radius 1 is 1.39 bits per heavy atom. The van der Waals surface area contributed by atoms with Gasteiger partial charge in [-0.05, 0) is 37.5 Å². The normalized spacial score (nSPS) is 11.9. The first-order valence-electron chi connectivity index (χ1n) is 6.12. The summed E-state index contributed by atoms with van der Waals surface area (Å²) < 4.78 is 10.7. The van der Waals surface area contributed by atoms with Crippen molar-refractivity contribution in [3.8, 4) is 11.5 Å². The van der Waals surface area contributed by atoms with E-state index in [0.29, 0.717) is 17.9 Å². The summed E-state index contributed by atoms with van der Waals surface area (Å²) in [4.78, 5) is 11.1. The number of rotatable bonds is 7. The van der Waals surface area contributed by atoms with E-state index in [2.05, 4.69) is 0 Å². The number of carboxylic acid groups (broad SMARTS) is 1. The van der Waals surface area contributed by atoms with Crippen LogP contribution in [-0.4, -0.2) is 24.3 Å². The van der Waals surface area contributed by atoms with Gasteiger partial charge in [0.2, 0.25) is 0 Å². The molecule has 0 fully saturated rings. The molecule has 0 spiro atoms. The van der Waals surface area contributed by atoms with E-state index in [-0.39, 0.29) is 0 Å². The third-order valence-electron chi connectivity index (χ3n) is 2.68. The van der Waals surface area contributed by atoms with E-state index < -0.39 is 12.1 Å². The number of aryl methyl sites for hydroxylation is 1. The molecule has 4 heteroatoms. The van der Waals surface area contributed by atoms with Gasteiger partial charge < -0.3 is 14.6 Å². The first kappa shape index (κ1) is 14.4. The molecule has 0 aliphatic carbocycles. The lowest BCUT2D eigenvalue weighted by Crippen LogP contribution is -2.27. The molecule has 0 saturated carbocycles. The molecule has 0 bridgehead atoms. The number of unbranched alkanes of at least 4 members (excludes halogenated alkanes) is 1. The number of hydrogen-bond acceptors (Lipinski definition) is 3. The maximum absolute atomic E-state index is 11.1. The predicted molar refractivity (Wildman–Crippen MR) is 69.3 cm³/mol. The minimum absolute atomic E-state index is 0.478. The maximum atomic E-state index is 11.1. The third-order valence-corrected chi connectivity index (χ3v) is 2.68. The molecule has 4 nitrogen and oxygen atoms in total. The summed E-state index contributed by atoms with van der Waals surface area (Å²) in [5.41, 5.74) is 1.04. The van der Waals surface area contributed by atoms with Crippen LogP contribution in [0.2, 0.25) is 0 Å². The zero-order valence-corrected chi connectivity index (χ0v) is 11.1. The van der Waals surface area contributed by atoms with Crippen LogP contribution in [0.4, 0.5) is 0 Å². The number of benzene rings is 1. The molecule has 1 aromatic rings. The van der Waals surface area contributed by atoms with Crippen LogP contribution < -0.4 is 9.47 Å². The van der Waals surface area contributed by atoms with Crippen molar-refractivity contribution in [3.63, 3.8) is 0 Å². The first-order chi connectivity index (χ1) is 8.58. The summed E-state index contributed by atoms with van der Waals surface area (Å²) in [6.45, 7) is 3.96. The number of ether oxygens (including phenoxy) is 2. The molecule has 0 saturated heterocycles. The van der Waals surface area contributed by atoms with Gasteiger partial charge in [-0.2, -0.15) is 0 Å². The fraction of sp³-hybridized carbons (Fsp3) is 0.500. The second kappa shape index (κ2) is 6.89. The molecule has 0 aromatic heterocycles. The van der Waals surface area contributed by atoms with Gasteiger partial charge in [0.25, 0.3) is 0 Å². The monoisotopic (exact) mass is 252 g/mol. The van der Waals surface area contributed by atoms with E-state index in [1.165, 1.54) is 0 Å². The molecular formula is C14H20O4. The van der Waals surface area contributed by atoms with Crippen LogP contribution in [0, 0.1) is 6.92 Å². The molecule has 100 valence electrons. The van der Waals surface area contributed by atoms with Crippen molar-refractivity contribution < 1.29 is 19.4 Å². The summed E-state index contributed by atoms with van der Waals surface area (Å²) in [5, 5.41) is 9.11. The van der Waals surface area contributed by atoms with Crippen molar-refractivity contribution >= 4 is 5.97 Å². The van der Waals surface area contributed by atoms with E-state index in [0.717, 1.165) is 18.4 Å². The molecule has 0 heterocycles. The molecule has 0 amide bonds. The van der Waals surface area contributed by atoms with Crippen LogP contribution >= 0.6 is 0 Å². The Morgan fingerprint density at radius 2 is 2.11 bits per heavy atom. The molecule has 0 aliphatic rings. The Bertz CT molecular complexity index is 401. The molecule has 1 rings (SSSR count). The van der Waals surface area contributed by atoms with Crippen molar-refractivity contribution in [1.82, 2.24) is 0 Å². The minimum Gasteiger partial charge on any atom is -0.493 e. The quantitative estimate of drug-likeness (QED) is 0.810. The highest BCUT2D eigenvalue weighted by Crippen LogP contribution is 2.29. The Hall–Kier alpha value is -1.71. The number of hydrogen-bond donors (Lipinski definition) is 1. The predicted octanol–water partition coefficient (Wildman–Crippen LogP) is 3.03. The maximum Gasteiger partial charge on any atom is 0.344 e. The number of carbonyl (C=O) groups is 1. The topological polar surface area (TPSA) is 55.8 Å². The summed E-state index contributed by atoms with van der Waals surface area (Å²) in [7, 11) is 1.55. The van der Waals surface area contributed by atoms with Gasteiger partial charge in [0.1, 0.15) is 0 Å². The third kappa shape index (κ3) is 3.95. The van der Waals surface area contributed by atoms with Crippen LogP contribution in [0.15, 0.2) is 18.2 Å². The highest BCUT2D eigenvalue weighted by atomic mass is 16.5. The molecular weight excluding hydrogens is 232 g/mol. The summed E-state index contributed by atoms with van der Waals surface area (Å²) in [6.07, 6.45) is 1.45. The average Bonchev–Trinajstić information content (AvgIpc) is 2.35. The standard InChI is InChI=1S/C14H20O4/c1-4-5-6-12(14(15)16)18-11-8-7-10(2)9-13(11)17-3/h7-9,12H,4-6H2,1-3H3,(H,15,16). The smallest absolute Gasteiger partial charge is 0.344 e. The van der Waals surface area contributed by atoms with E-state index in [1.807, 2.05) is 26.0 Å². The van der Waals surface area contributed by atoms with Crippen molar-refractivity contribution in [1.29, 1.82) is 0 Å². The lowest BCUT2D eigenvalue weighted by Gasteiger charge is -2.17. The van der Waals surface area contributed by atoms with Crippen LogP contribution in [0.5, 0.6) is 11.5 Å². The number of carboxylic acids is 1. The van der Waals surface area contributed by atoms with Gasteiger partial charge in [-0.3, -0.25) is 0 Å². The lowest BCUT2D eigenvalue weighted by molar-refractivity contribution is -0.145. The number of methoxy groups -OCH3 is 1. The van der Waals surface area contributed by atoms with Crippen LogP contribution in [0.25, 0.3) is 0 Å². The van der Waals surface area contributed by atoms with Crippen molar-refractivity contribution in [3.05, 3.63) is 23.8 Å². The first-order valence-corrected chi connectivity index (χ1v) is 6.12. The lowest BCUT2D eigenvalue weighted by atomic mass is 10.1. The van der Waals surface area contributed by atoms with E-state index in [9.17, 15) is 4.79 Å². The zero-order chi connectivity index (χ0) is 13.5. The summed E-state index contributed by atoms with van der Waals surface area (Å²) >= 11 is 0. The summed E-state index contributed by atoms with van der Waals surface area (Å²) in [5.74, 6) is 0.107. The Labute approximate surface area is 108 Å². The Balaban J connectivity index is 2.82. The highest BCUT2D eigenvalue weighted by Gasteiger charge is 2.20. The van der Waals surface area contributed by atoms with Gasteiger partial charge in [0.15, 0.2) is 17.6 Å². The molecule has 1 unspecified atom stereocenters. The van der Waals surface area contributed by atoms with Gasteiger partial charge in [0.05, 0.1) is 7.11 Å². The molecule has 0 aliphatic heterocycles. The molecule has 1 aromatic carbocycles. The Kier molecular flexibility index (Phi) is 5.49. The van der Waals surface area contributed by atoms with Crippen LogP contribution in [0.1, 0.15) is 31.7 Å². The fourth-order valence-electron chi connectivity index (χ4n) is 1.65. The van der Waals surface area contributed by atoms with Crippen LogP contribution in [-0.2, 0) is 4.79 Å². The molecule has 1 atom stereocenters. The fourth-order valence-corrected chi connectivity index (χ4v) is 1.65. The number of aliphatic carboxylic acids is 1. The van der Waals surface area contributed by atoms with Gasteiger partial charge in [-0.25, -0.2) is 4.79 Å². The molecule has 18 heavy (non-hydrogen) atoms. The van der Waals surface area contributed by atoms with Gasteiger partial charge in [-0.15, -0.1) is 0 Å². The van der Waals surface area contributed by atoms with Crippen LogP contribution in [0.3, 0.4) is 0 Å². The SMILES string of the molecule is CCCCC(Oc1ccc(C)cc1OC)C(=O)O.